The van der Waals surface area contributed by atoms with Gasteiger partial charge in [0, 0.05) is 39.0 Å². The second-order valence-corrected chi connectivity index (χ2v) is 5.48. The molecule has 1 N–H and O–H groups in total. The predicted molar refractivity (Wildman–Crippen MR) is 64.9 cm³/mol. The third-order valence-electron chi connectivity index (χ3n) is 4.02. The highest BCUT2D eigenvalue weighted by atomic mass is 16.5. The maximum Gasteiger partial charge on any atom is 0.149 e. The van der Waals surface area contributed by atoms with Crippen LogP contribution in [0.4, 0.5) is 0 Å². The zero-order chi connectivity index (χ0) is 12.3. The molecule has 2 fully saturated rings. The lowest BCUT2D eigenvalue weighted by Gasteiger charge is -2.39. The molecule has 4 nitrogen and oxygen atoms in total. The second-order valence-electron chi connectivity index (χ2n) is 5.48. The molecule has 0 aromatic carbocycles. The van der Waals surface area contributed by atoms with Gasteiger partial charge in [-0.1, -0.05) is 6.42 Å². The van der Waals surface area contributed by atoms with Crippen LogP contribution >= 0.6 is 0 Å². The van der Waals surface area contributed by atoms with E-state index in [9.17, 15) is 9.90 Å². The van der Waals surface area contributed by atoms with Crippen molar-refractivity contribution in [2.24, 2.45) is 0 Å². The van der Waals surface area contributed by atoms with Gasteiger partial charge >= 0.3 is 0 Å². The minimum atomic E-state index is -0.662. The standard InChI is InChI=1S/C13H23NO3/c1-14(11-4-2-3-5-12(11)15)10-13(16)6-8-17-9-7-13/h11,16H,2-10H2,1H3. The summed E-state index contributed by atoms with van der Waals surface area (Å²) in [4.78, 5) is 13.9. The van der Waals surface area contributed by atoms with Gasteiger partial charge in [-0.15, -0.1) is 0 Å². The van der Waals surface area contributed by atoms with Crippen molar-refractivity contribution in [3.63, 3.8) is 0 Å². The fourth-order valence-electron chi connectivity index (χ4n) is 2.91. The maximum atomic E-state index is 11.8. The molecule has 1 saturated heterocycles. The van der Waals surface area contributed by atoms with Crippen molar-refractivity contribution in [3.8, 4) is 0 Å². The summed E-state index contributed by atoms with van der Waals surface area (Å²) in [5.74, 6) is 0.342. The quantitative estimate of drug-likeness (QED) is 0.800. The summed E-state index contributed by atoms with van der Waals surface area (Å²) in [6.07, 6.45) is 5.17. The van der Waals surface area contributed by atoms with Gasteiger partial charge in [0.25, 0.3) is 0 Å². The molecule has 1 unspecified atom stereocenters. The molecule has 1 atom stereocenters. The van der Waals surface area contributed by atoms with Crippen molar-refractivity contribution in [2.45, 2.75) is 50.2 Å². The van der Waals surface area contributed by atoms with E-state index in [2.05, 4.69) is 0 Å². The summed E-state index contributed by atoms with van der Waals surface area (Å²) in [6, 6.07) is 0.0237. The molecular weight excluding hydrogens is 218 g/mol. The van der Waals surface area contributed by atoms with Crippen LogP contribution in [0.3, 0.4) is 0 Å². The van der Waals surface area contributed by atoms with Crippen LogP contribution in [0.5, 0.6) is 0 Å². The van der Waals surface area contributed by atoms with Gasteiger partial charge in [-0.3, -0.25) is 9.69 Å². The lowest BCUT2D eigenvalue weighted by atomic mass is 9.89. The Morgan fingerprint density at radius 3 is 2.76 bits per heavy atom. The average Bonchev–Trinajstić information content (AvgIpc) is 2.29. The summed E-state index contributed by atoms with van der Waals surface area (Å²) in [6.45, 7) is 1.85. The van der Waals surface area contributed by atoms with Crippen LogP contribution in [-0.2, 0) is 9.53 Å². The summed E-state index contributed by atoms with van der Waals surface area (Å²) in [5, 5.41) is 10.4. The van der Waals surface area contributed by atoms with E-state index in [1.807, 2.05) is 11.9 Å². The van der Waals surface area contributed by atoms with E-state index in [4.69, 9.17) is 4.74 Å². The molecule has 4 heteroatoms. The number of carbonyl (C=O) groups excluding carboxylic acids is 1. The summed E-state index contributed by atoms with van der Waals surface area (Å²) >= 11 is 0. The van der Waals surface area contributed by atoms with Crippen molar-refractivity contribution in [3.05, 3.63) is 0 Å². The maximum absolute atomic E-state index is 11.8. The highest BCUT2D eigenvalue weighted by Gasteiger charge is 2.35. The molecule has 1 heterocycles. The Morgan fingerprint density at radius 2 is 2.12 bits per heavy atom. The molecule has 1 aliphatic carbocycles. The number of likely N-dealkylation sites (N-methyl/N-ethyl adjacent to an activating group) is 1. The van der Waals surface area contributed by atoms with Gasteiger partial charge in [0.05, 0.1) is 11.6 Å². The number of nitrogens with zero attached hydrogens (tertiary/aromatic N) is 1. The van der Waals surface area contributed by atoms with Crippen LogP contribution in [0.1, 0.15) is 38.5 Å². The van der Waals surface area contributed by atoms with Gasteiger partial charge in [0.2, 0.25) is 0 Å². The van der Waals surface area contributed by atoms with E-state index in [1.54, 1.807) is 0 Å². The SMILES string of the molecule is CN(CC1(O)CCOCC1)C1CCCCC1=O. The molecule has 0 aromatic rings. The first-order valence-corrected chi connectivity index (χ1v) is 6.64. The largest absolute Gasteiger partial charge is 0.388 e. The first-order valence-electron chi connectivity index (χ1n) is 6.64. The molecule has 17 heavy (non-hydrogen) atoms. The summed E-state index contributed by atoms with van der Waals surface area (Å²) in [5.41, 5.74) is -0.662. The Morgan fingerprint density at radius 1 is 1.41 bits per heavy atom. The van der Waals surface area contributed by atoms with E-state index in [0.29, 0.717) is 44.8 Å². The van der Waals surface area contributed by atoms with Gasteiger partial charge in [0.1, 0.15) is 5.78 Å². The van der Waals surface area contributed by atoms with Gasteiger partial charge in [-0.05, 0) is 19.9 Å². The van der Waals surface area contributed by atoms with Crippen molar-refractivity contribution >= 4 is 5.78 Å². The minimum Gasteiger partial charge on any atom is -0.388 e. The molecule has 1 aliphatic heterocycles. The van der Waals surface area contributed by atoms with Gasteiger partial charge in [-0.25, -0.2) is 0 Å². The topological polar surface area (TPSA) is 49.8 Å². The smallest absolute Gasteiger partial charge is 0.149 e. The first kappa shape index (κ1) is 13.0. The number of rotatable bonds is 3. The molecule has 0 spiro atoms. The predicted octanol–water partition coefficient (Wildman–Crippen LogP) is 0.971. The van der Waals surface area contributed by atoms with Crippen LogP contribution in [-0.4, -0.2) is 54.2 Å². The van der Waals surface area contributed by atoms with E-state index in [1.165, 1.54) is 0 Å². The number of ketones is 1. The monoisotopic (exact) mass is 241 g/mol. The van der Waals surface area contributed by atoms with E-state index in [0.717, 1.165) is 19.3 Å². The molecule has 0 radical (unpaired) electrons. The third kappa shape index (κ3) is 3.27. The Kier molecular flexibility index (Phi) is 4.17. The van der Waals surface area contributed by atoms with Crippen LogP contribution in [0, 0.1) is 0 Å². The van der Waals surface area contributed by atoms with Gasteiger partial charge in [-0.2, -0.15) is 0 Å². The molecule has 0 amide bonds. The number of carbonyl (C=O) groups is 1. The normalized spacial score (nSPS) is 29.6. The number of hydrogen-bond donors (Lipinski definition) is 1. The molecule has 0 bridgehead atoms. The highest BCUT2D eigenvalue weighted by molar-refractivity contribution is 5.84. The molecule has 0 aromatic heterocycles. The number of ether oxygens (including phenoxy) is 1. The van der Waals surface area contributed by atoms with E-state index in [-0.39, 0.29) is 6.04 Å². The van der Waals surface area contributed by atoms with Crippen LogP contribution < -0.4 is 0 Å². The number of aliphatic hydroxyl groups is 1. The lowest BCUT2D eigenvalue weighted by Crippen LogP contribution is -2.51. The fourth-order valence-corrected chi connectivity index (χ4v) is 2.91. The Hall–Kier alpha value is -0.450. The van der Waals surface area contributed by atoms with E-state index >= 15 is 0 Å². The Labute approximate surface area is 103 Å². The Bertz CT molecular complexity index is 274. The van der Waals surface area contributed by atoms with Crippen molar-refractivity contribution in [2.75, 3.05) is 26.8 Å². The lowest BCUT2D eigenvalue weighted by molar-refractivity contribution is -0.128. The van der Waals surface area contributed by atoms with Crippen molar-refractivity contribution < 1.29 is 14.6 Å². The minimum absolute atomic E-state index is 0.0237. The third-order valence-corrected chi connectivity index (χ3v) is 4.02. The number of hydrogen-bond acceptors (Lipinski definition) is 4. The van der Waals surface area contributed by atoms with Crippen LogP contribution in [0.15, 0.2) is 0 Å². The van der Waals surface area contributed by atoms with Gasteiger partial charge in [0.15, 0.2) is 0 Å². The fraction of sp³-hybridized carbons (Fsp3) is 0.923. The molecule has 2 aliphatic rings. The van der Waals surface area contributed by atoms with Crippen molar-refractivity contribution in [1.82, 2.24) is 4.90 Å². The zero-order valence-corrected chi connectivity index (χ0v) is 10.7. The second kappa shape index (κ2) is 5.46. The average molecular weight is 241 g/mol. The zero-order valence-electron chi connectivity index (χ0n) is 10.7. The van der Waals surface area contributed by atoms with Crippen molar-refractivity contribution in [1.29, 1.82) is 0 Å². The molecule has 1 saturated carbocycles. The van der Waals surface area contributed by atoms with E-state index < -0.39 is 5.60 Å². The molecular formula is C13H23NO3. The first-order chi connectivity index (χ1) is 8.11. The highest BCUT2D eigenvalue weighted by Crippen LogP contribution is 2.25. The Balaban J connectivity index is 1.90. The summed E-state index contributed by atoms with van der Waals surface area (Å²) in [7, 11) is 1.96. The molecule has 98 valence electrons. The number of Topliss-reactive ketones (excluding diaryl/α,β-unsaturated/α-hetero) is 1. The molecule has 2 rings (SSSR count). The van der Waals surface area contributed by atoms with Crippen LogP contribution in [0.25, 0.3) is 0 Å². The van der Waals surface area contributed by atoms with Crippen LogP contribution in [0.2, 0.25) is 0 Å². The van der Waals surface area contributed by atoms with Gasteiger partial charge < -0.3 is 9.84 Å². The summed E-state index contributed by atoms with van der Waals surface area (Å²) < 4.78 is 5.27.